The Balaban J connectivity index is 1.44. The molecule has 0 aromatic heterocycles. The zero-order valence-electron chi connectivity index (χ0n) is 28.4. The number of ether oxygens (including phenoxy) is 1. The van der Waals surface area contributed by atoms with Crippen molar-refractivity contribution in [3.8, 4) is 0 Å². The highest BCUT2D eigenvalue weighted by molar-refractivity contribution is 6.37. The highest BCUT2D eigenvalue weighted by Crippen LogP contribution is 2.65. The third-order valence-electron chi connectivity index (χ3n) is 10.6. The highest BCUT2D eigenvalue weighted by atomic mass is 16.5. The van der Waals surface area contributed by atoms with Crippen molar-refractivity contribution in [3.05, 3.63) is 0 Å². The number of ketones is 1. The van der Waals surface area contributed by atoms with Crippen LogP contribution >= 0.6 is 0 Å². The third kappa shape index (κ3) is 8.31. The van der Waals surface area contributed by atoms with Crippen molar-refractivity contribution in [2.24, 2.45) is 46.2 Å². The maximum Gasteiger partial charge on any atom is 0.407 e. The maximum absolute atomic E-state index is 14.2. The first-order valence-corrected chi connectivity index (χ1v) is 16.8. The van der Waals surface area contributed by atoms with Crippen LogP contribution in [0.25, 0.3) is 0 Å². The lowest BCUT2D eigenvalue weighted by Gasteiger charge is -2.38. The number of rotatable bonds is 14. The first kappa shape index (κ1) is 35.5. The Morgan fingerprint density at radius 2 is 1.61 bits per heavy atom. The Labute approximate surface area is 272 Å². The van der Waals surface area contributed by atoms with Crippen molar-refractivity contribution in [3.63, 3.8) is 0 Å². The Bertz CT molecular complexity index is 1210. The van der Waals surface area contributed by atoms with E-state index < -0.39 is 65.2 Å². The molecule has 6 atom stereocenters. The highest BCUT2D eigenvalue weighted by Gasteiger charge is 2.70. The number of urea groups is 1. The minimum absolute atomic E-state index is 0.0332. The van der Waals surface area contributed by atoms with Gasteiger partial charge in [-0.2, -0.15) is 0 Å². The SMILES string of the molecule is CC(C)[C@@H](COC(=O)NCC1CC1)NC(=O)NC(C(=O)N1C[C@H]2[C@@H](C1C(=O)NC(CC1CCC1)C(=O)C(N)=O)C2(C)C)C(C)(C)C. The van der Waals surface area contributed by atoms with Crippen LogP contribution in [0.5, 0.6) is 0 Å². The van der Waals surface area contributed by atoms with Crippen molar-refractivity contribution in [2.45, 2.75) is 111 Å². The van der Waals surface area contributed by atoms with Gasteiger partial charge in [-0.1, -0.05) is 67.7 Å². The van der Waals surface area contributed by atoms with E-state index in [2.05, 4.69) is 35.1 Å². The summed E-state index contributed by atoms with van der Waals surface area (Å²) in [6, 6.07) is -3.99. The fourth-order valence-corrected chi connectivity index (χ4v) is 6.86. The largest absolute Gasteiger partial charge is 0.447 e. The Morgan fingerprint density at radius 3 is 2.13 bits per heavy atom. The number of piperidine rings is 1. The van der Waals surface area contributed by atoms with Gasteiger partial charge in [-0.25, -0.2) is 9.59 Å². The van der Waals surface area contributed by atoms with Gasteiger partial charge in [0, 0.05) is 13.1 Å². The summed E-state index contributed by atoms with van der Waals surface area (Å²) in [4.78, 5) is 79.6. The topological polar surface area (TPSA) is 189 Å². The van der Waals surface area contributed by atoms with Gasteiger partial charge < -0.3 is 36.6 Å². The average molecular weight is 647 g/mol. The summed E-state index contributed by atoms with van der Waals surface area (Å²) in [7, 11) is 0. The molecule has 0 aromatic rings. The fourth-order valence-electron chi connectivity index (χ4n) is 6.86. The Morgan fingerprint density at radius 1 is 0.957 bits per heavy atom. The molecule has 46 heavy (non-hydrogen) atoms. The van der Waals surface area contributed by atoms with E-state index in [4.69, 9.17) is 10.5 Å². The molecule has 4 fully saturated rings. The molecule has 1 aliphatic heterocycles. The number of amides is 6. The Kier molecular flexibility index (Phi) is 10.6. The number of nitrogens with two attached hydrogens (primary N) is 1. The van der Waals surface area contributed by atoms with E-state index in [9.17, 15) is 28.8 Å². The van der Waals surface area contributed by atoms with Crippen molar-refractivity contribution in [1.29, 1.82) is 0 Å². The predicted octanol–water partition coefficient (Wildman–Crippen LogP) is 2.07. The van der Waals surface area contributed by atoms with Crippen LogP contribution in [0.2, 0.25) is 0 Å². The summed E-state index contributed by atoms with van der Waals surface area (Å²) in [5.74, 6) is -2.21. The average Bonchev–Trinajstić information content (AvgIpc) is 3.80. The molecule has 3 aliphatic carbocycles. The van der Waals surface area contributed by atoms with Crippen LogP contribution in [0.4, 0.5) is 9.59 Å². The maximum atomic E-state index is 14.2. The molecule has 0 radical (unpaired) electrons. The van der Waals surface area contributed by atoms with Gasteiger partial charge in [0.05, 0.1) is 12.1 Å². The summed E-state index contributed by atoms with van der Waals surface area (Å²) >= 11 is 0. The molecule has 1 heterocycles. The summed E-state index contributed by atoms with van der Waals surface area (Å²) in [5.41, 5.74) is 4.41. The van der Waals surface area contributed by atoms with E-state index >= 15 is 0 Å². The molecule has 3 saturated carbocycles. The van der Waals surface area contributed by atoms with E-state index in [1.807, 2.05) is 34.6 Å². The third-order valence-corrected chi connectivity index (χ3v) is 10.6. The van der Waals surface area contributed by atoms with Crippen LogP contribution < -0.4 is 27.0 Å². The number of alkyl carbamates (subject to hydrolysis) is 1. The first-order chi connectivity index (χ1) is 21.4. The van der Waals surface area contributed by atoms with Crippen molar-refractivity contribution in [1.82, 2.24) is 26.2 Å². The van der Waals surface area contributed by atoms with Gasteiger partial charge in [-0.05, 0) is 59.7 Å². The molecule has 4 rings (SSSR count). The molecule has 258 valence electrons. The van der Waals surface area contributed by atoms with Crippen LogP contribution in [0.3, 0.4) is 0 Å². The van der Waals surface area contributed by atoms with Gasteiger partial charge in [0.1, 0.15) is 18.7 Å². The molecule has 3 unspecified atom stereocenters. The molecule has 0 bridgehead atoms. The van der Waals surface area contributed by atoms with Gasteiger partial charge >= 0.3 is 12.1 Å². The number of Topliss-reactive ketones (excluding diaryl/α,β-unsaturated/α-hetero) is 1. The van der Waals surface area contributed by atoms with E-state index in [0.717, 1.165) is 32.1 Å². The molecule has 1 saturated heterocycles. The van der Waals surface area contributed by atoms with E-state index in [1.54, 1.807) is 0 Å². The summed E-state index contributed by atoms with van der Waals surface area (Å²) < 4.78 is 5.35. The van der Waals surface area contributed by atoms with Gasteiger partial charge in [-0.15, -0.1) is 0 Å². The zero-order valence-corrected chi connectivity index (χ0v) is 28.4. The quantitative estimate of drug-likeness (QED) is 0.179. The van der Waals surface area contributed by atoms with Crippen molar-refractivity contribution in [2.75, 3.05) is 19.7 Å². The van der Waals surface area contributed by atoms with Gasteiger partial charge in [0.2, 0.25) is 17.6 Å². The van der Waals surface area contributed by atoms with Crippen LogP contribution in [0, 0.1) is 40.4 Å². The van der Waals surface area contributed by atoms with Crippen LogP contribution in [-0.2, 0) is 23.9 Å². The molecule has 13 nitrogen and oxygen atoms in total. The minimum Gasteiger partial charge on any atom is -0.447 e. The number of nitrogens with zero attached hydrogens (tertiary/aromatic N) is 1. The zero-order chi connectivity index (χ0) is 34.1. The van der Waals surface area contributed by atoms with Crippen LogP contribution in [0.1, 0.15) is 87.0 Å². The minimum atomic E-state index is -1.10. The smallest absolute Gasteiger partial charge is 0.407 e. The number of primary amides is 1. The molecule has 13 heteroatoms. The molecule has 0 aromatic carbocycles. The number of carbonyl (C=O) groups is 6. The lowest BCUT2D eigenvalue weighted by Crippen LogP contribution is -2.62. The second kappa shape index (κ2) is 13.8. The lowest BCUT2D eigenvalue weighted by molar-refractivity contribution is -0.145. The fraction of sp³-hybridized carbons (Fsp3) is 0.818. The van der Waals surface area contributed by atoms with Crippen LogP contribution in [0.15, 0.2) is 0 Å². The van der Waals surface area contributed by atoms with Gasteiger partial charge in [-0.3, -0.25) is 19.2 Å². The van der Waals surface area contributed by atoms with Crippen molar-refractivity contribution >= 4 is 35.6 Å². The number of hydrogen-bond donors (Lipinski definition) is 5. The lowest BCUT2D eigenvalue weighted by atomic mass is 9.80. The van der Waals surface area contributed by atoms with Gasteiger partial charge in [0.25, 0.3) is 5.91 Å². The molecule has 6 amide bonds. The Hall–Kier alpha value is -3.38. The number of hydrogen-bond acceptors (Lipinski definition) is 7. The van der Waals surface area contributed by atoms with E-state index in [-0.39, 0.29) is 35.7 Å². The standard InChI is InChI=1S/C33H54N6O7/c1-17(2)22(16-46-31(45)35-14-19-11-12-19)37-30(44)38-26(32(3,4)5)29(43)39-15-20-23(33(20,6)7)24(39)28(42)36-21(25(40)27(34)41)13-18-9-8-10-18/h17-24,26H,8-16H2,1-7H3,(H2,34,41)(H,35,45)(H,36,42)(H2,37,38,44)/t20-,21?,22+,23-,24?,26?/m0/s1. The normalized spacial score (nSPS) is 25.3. The molecular weight excluding hydrogens is 592 g/mol. The molecule has 0 spiro atoms. The second-order valence-corrected chi connectivity index (χ2v) is 15.9. The summed E-state index contributed by atoms with van der Waals surface area (Å²) in [6.45, 7) is 14.3. The van der Waals surface area contributed by atoms with Crippen molar-refractivity contribution < 1.29 is 33.5 Å². The van der Waals surface area contributed by atoms with E-state index in [1.165, 1.54) is 4.90 Å². The monoisotopic (exact) mass is 646 g/mol. The number of fused-ring (bicyclic) bond motifs is 1. The first-order valence-electron chi connectivity index (χ1n) is 16.8. The number of nitrogens with one attached hydrogen (secondary N) is 4. The van der Waals surface area contributed by atoms with Crippen LogP contribution in [-0.4, -0.2) is 84.4 Å². The predicted molar refractivity (Wildman–Crippen MR) is 170 cm³/mol. The van der Waals surface area contributed by atoms with E-state index in [0.29, 0.717) is 25.4 Å². The molecular formula is C33H54N6O7. The van der Waals surface area contributed by atoms with Gasteiger partial charge in [0.15, 0.2) is 0 Å². The summed E-state index contributed by atoms with van der Waals surface area (Å²) in [6.07, 6.45) is 4.87. The molecule has 4 aliphatic rings. The molecule has 6 N–H and O–H groups in total. The second-order valence-electron chi connectivity index (χ2n) is 15.9. The summed E-state index contributed by atoms with van der Waals surface area (Å²) in [5, 5.41) is 11.2. The number of likely N-dealkylation sites (tertiary alicyclic amines) is 1. The number of carbonyl (C=O) groups excluding carboxylic acids is 6.